The van der Waals surface area contributed by atoms with Gasteiger partial charge in [0.15, 0.2) is 0 Å². The SMILES string of the molecule is COCCNC(=O)C(C)Nc1ncnc(NN)c1[N+](=O)[O-]. The minimum absolute atomic E-state index is 0.0997. The second kappa shape index (κ2) is 7.91. The molecular formula is C10H17N7O4. The maximum absolute atomic E-state index is 11.8. The molecule has 0 aliphatic heterocycles. The van der Waals surface area contributed by atoms with Crippen LogP contribution >= 0.6 is 0 Å². The summed E-state index contributed by atoms with van der Waals surface area (Å²) in [7, 11) is 1.51. The summed E-state index contributed by atoms with van der Waals surface area (Å²) in [5.74, 6) is 4.57. The van der Waals surface area contributed by atoms with Crippen molar-refractivity contribution in [2.24, 2.45) is 5.84 Å². The zero-order chi connectivity index (χ0) is 15.8. The minimum atomic E-state index is -0.735. The third kappa shape index (κ3) is 4.50. The maximum Gasteiger partial charge on any atom is 0.354 e. The predicted molar refractivity (Wildman–Crippen MR) is 74.5 cm³/mol. The van der Waals surface area contributed by atoms with Crippen LogP contribution < -0.4 is 21.9 Å². The van der Waals surface area contributed by atoms with Gasteiger partial charge in [-0.15, -0.1) is 0 Å². The lowest BCUT2D eigenvalue weighted by atomic mass is 10.3. The Morgan fingerprint density at radius 3 is 2.76 bits per heavy atom. The number of hydrogen-bond donors (Lipinski definition) is 4. The molecule has 5 N–H and O–H groups in total. The van der Waals surface area contributed by atoms with Crippen LogP contribution in [0.15, 0.2) is 6.33 Å². The van der Waals surface area contributed by atoms with Gasteiger partial charge in [-0.25, -0.2) is 15.8 Å². The highest BCUT2D eigenvalue weighted by atomic mass is 16.6. The summed E-state index contributed by atoms with van der Waals surface area (Å²) in [5, 5.41) is 16.3. The van der Waals surface area contributed by atoms with Crippen LogP contribution in [-0.2, 0) is 9.53 Å². The van der Waals surface area contributed by atoms with E-state index in [9.17, 15) is 14.9 Å². The van der Waals surface area contributed by atoms with E-state index >= 15 is 0 Å². The number of nitrogens with zero attached hydrogens (tertiary/aromatic N) is 3. The number of anilines is 2. The molecule has 11 nitrogen and oxygen atoms in total. The summed E-state index contributed by atoms with van der Waals surface area (Å²) in [4.78, 5) is 29.5. The van der Waals surface area contributed by atoms with Gasteiger partial charge >= 0.3 is 5.69 Å². The Morgan fingerprint density at radius 1 is 1.52 bits per heavy atom. The zero-order valence-electron chi connectivity index (χ0n) is 11.6. The Labute approximate surface area is 120 Å². The van der Waals surface area contributed by atoms with Gasteiger partial charge in [-0.1, -0.05) is 0 Å². The molecular weight excluding hydrogens is 282 g/mol. The first-order valence-electron chi connectivity index (χ1n) is 6.00. The van der Waals surface area contributed by atoms with Gasteiger partial charge in [0.25, 0.3) is 0 Å². The number of ether oxygens (including phenoxy) is 1. The van der Waals surface area contributed by atoms with E-state index in [2.05, 4.69) is 26.0 Å². The van der Waals surface area contributed by atoms with Crippen molar-refractivity contribution in [1.29, 1.82) is 0 Å². The number of hydrazine groups is 1. The van der Waals surface area contributed by atoms with Crippen molar-refractivity contribution in [2.45, 2.75) is 13.0 Å². The van der Waals surface area contributed by atoms with E-state index in [1.165, 1.54) is 7.11 Å². The van der Waals surface area contributed by atoms with Gasteiger partial charge in [0, 0.05) is 13.7 Å². The first-order valence-corrected chi connectivity index (χ1v) is 6.00. The molecule has 1 amide bonds. The highest BCUT2D eigenvalue weighted by Gasteiger charge is 2.25. The second-order valence-corrected chi connectivity index (χ2v) is 3.97. The molecule has 0 aromatic carbocycles. The summed E-state index contributed by atoms with van der Waals surface area (Å²) >= 11 is 0. The fraction of sp³-hybridized carbons (Fsp3) is 0.500. The van der Waals surface area contributed by atoms with Gasteiger partial charge < -0.3 is 20.8 Å². The highest BCUT2D eigenvalue weighted by Crippen LogP contribution is 2.28. The van der Waals surface area contributed by atoms with Crippen LogP contribution in [0, 0.1) is 10.1 Å². The number of carbonyl (C=O) groups excluding carboxylic acids is 1. The number of nitrogen functional groups attached to an aromatic ring is 1. The topological polar surface area (TPSA) is 157 Å². The number of nitrogens with one attached hydrogen (secondary N) is 3. The normalized spacial score (nSPS) is 11.6. The van der Waals surface area contributed by atoms with Gasteiger partial charge in [-0.2, -0.15) is 0 Å². The van der Waals surface area contributed by atoms with Crippen molar-refractivity contribution in [1.82, 2.24) is 15.3 Å². The van der Waals surface area contributed by atoms with Gasteiger partial charge in [0.1, 0.15) is 12.4 Å². The van der Waals surface area contributed by atoms with Crippen molar-refractivity contribution in [2.75, 3.05) is 31.0 Å². The van der Waals surface area contributed by atoms with Crippen LogP contribution in [-0.4, -0.2) is 47.1 Å². The molecule has 0 saturated carbocycles. The Morgan fingerprint density at radius 2 is 2.19 bits per heavy atom. The minimum Gasteiger partial charge on any atom is -0.383 e. The molecule has 21 heavy (non-hydrogen) atoms. The monoisotopic (exact) mass is 299 g/mol. The van der Waals surface area contributed by atoms with Gasteiger partial charge in [0.05, 0.1) is 11.5 Å². The molecule has 0 aliphatic rings. The molecule has 0 bridgehead atoms. The Kier molecular flexibility index (Phi) is 6.23. The van der Waals surface area contributed by atoms with Crippen molar-refractivity contribution in [3.8, 4) is 0 Å². The van der Waals surface area contributed by atoms with Crippen molar-refractivity contribution in [3.05, 3.63) is 16.4 Å². The largest absolute Gasteiger partial charge is 0.383 e. The molecule has 1 rings (SSSR count). The maximum atomic E-state index is 11.8. The second-order valence-electron chi connectivity index (χ2n) is 3.97. The van der Waals surface area contributed by atoms with Crippen LogP contribution in [0.25, 0.3) is 0 Å². The van der Waals surface area contributed by atoms with E-state index in [1.807, 2.05) is 0 Å². The van der Waals surface area contributed by atoms with E-state index in [0.29, 0.717) is 13.2 Å². The smallest absolute Gasteiger partial charge is 0.354 e. The molecule has 1 heterocycles. The average Bonchev–Trinajstić information content (AvgIpc) is 2.46. The van der Waals surface area contributed by atoms with E-state index in [0.717, 1.165) is 6.33 Å². The summed E-state index contributed by atoms with van der Waals surface area (Å²) in [6, 6.07) is -0.735. The van der Waals surface area contributed by atoms with Gasteiger partial charge in [0.2, 0.25) is 17.5 Å². The van der Waals surface area contributed by atoms with Crippen LogP contribution in [0.2, 0.25) is 0 Å². The molecule has 0 saturated heterocycles. The third-order valence-electron chi connectivity index (χ3n) is 2.49. The van der Waals surface area contributed by atoms with Crippen molar-refractivity contribution < 1.29 is 14.5 Å². The quantitative estimate of drug-likeness (QED) is 0.209. The van der Waals surface area contributed by atoms with E-state index in [1.54, 1.807) is 6.92 Å². The zero-order valence-corrected chi connectivity index (χ0v) is 11.6. The fourth-order valence-corrected chi connectivity index (χ4v) is 1.46. The number of nitrogens with two attached hydrogens (primary N) is 1. The molecule has 1 atom stereocenters. The number of nitro groups is 1. The number of rotatable bonds is 8. The van der Waals surface area contributed by atoms with Gasteiger partial charge in [-0.3, -0.25) is 14.9 Å². The molecule has 0 spiro atoms. The summed E-state index contributed by atoms with van der Waals surface area (Å²) in [6.07, 6.45) is 1.10. The van der Waals surface area contributed by atoms with E-state index in [-0.39, 0.29) is 17.5 Å². The Balaban J connectivity index is 2.82. The number of aromatic nitrogens is 2. The van der Waals surface area contributed by atoms with E-state index < -0.39 is 16.7 Å². The molecule has 1 aromatic heterocycles. The number of amides is 1. The highest BCUT2D eigenvalue weighted by molar-refractivity contribution is 5.85. The first kappa shape index (κ1) is 16.5. The van der Waals surface area contributed by atoms with Crippen LogP contribution in [0.1, 0.15) is 6.92 Å². The third-order valence-corrected chi connectivity index (χ3v) is 2.49. The molecule has 1 unspecified atom stereocenters. The Hall–Kier alpha value is -2.53. The number of methoxy groups -OCH3 is 1. The molecule has 116 valence electrons. The van der Waals surface area contributed by atoms with Crippen LogP contribution in [0.5, 0.6) is 0 Å². The standard InChI is InChI=1S/C10H17N7O4/c1-6(10(18)12-3-4-21-2)15-8-7(17(19)20)9(16-11)14-5-13-8/h5-6H,3-4,11H2,1-2H3,(H,12,18)(H2,13,14,15,16). The number of carbonyl (C=O) groups is 1. The van der Waals surface area contributed by atoms with Crippen LogP contribution in [0.3, 0.4) is 0 Å². The first-order chi connectivity index (χ1) is 10.0. The van der Waals surface area contributed by atoms with E-state index in [4.69, 9.17) is 10.6 Å². The molecule has 0 aliphatic carbocycles. The Bertz CT molecular complexity index is 510. The van der Waals surface area contributed by atoms with Crippen molar-refractivity contribution in [3.63, 3.8) is 0 Å². The van der Waals surface area contributed by atoms with Gasteiger partial charge in [-0.05, 0) is 6.92 Å². The molecule has 0 radical (unpaired) electrons. The predicted octanol–water partition coefficient (Wildman–Crippen LogP) is -0.767. The lowest BCUT2D eigenvalue weighted by Crippen LogP contribution is -2.39. The molecule has 0 fully saturated rings. The molecule has 11 heteroatoms. The van der Waals surface area contributed by atoms with Crippen molar-refractivity contribution >= 4 is 23.2 Å². The summed E-state index contributed by atoms with van der Waals surface area (Å²) in [5.41, 5.74) is 1.68. The van der Waals surface area contributed by atoms with Crippen LogP contribution in [0.4, 0.5) is 17.3 Å². The summed E-state index contributed by atoms with van der Waals surface area (Å²) in [6.45, 7) is 2.25. The lowest BCUT2D eigenvalue weighted by molar-refractivity contribution is -0.383. The number of hydrogen-bond acceptors (Lipinski definition) is 9. The lowest BCUT2D eigenvalue weighted by Gasteiger charge is -2.14. The fourth-order valence-electron chi connectivity index (χ4n) is 1.46. The average molecular weight is 299 g/mol. The molecule has 1 aromatic rings. The summed E-state index contributed by atoms with van der Waals surface area (Å²) < 4.78 is 4.80.